The average Bonchev–Trinajstić information content (AvgIpc) is 3.28. The van der Waals surface area contributed by atoms with E-state index in [1.807, 2.05) is 26.0 Å². The smallest absolute Gasteiger partial charge is 0.416 e. The summed E-state index contributed by atoms with van der Waals surface area (Å²) < 4.78 is 5.30. The van der Waals surface area contributed by atoms with Gasteiger partial charge < -0.3 is 20.5 Å². The summed E-state index contributed by atoms with van der Waals surface area (Å²) >= 11 is 0. The summed E-state index contributed by atoms with van der Waals surface area (Å²) in [6.45, 7) is 5.45. The van der Waals surface area contributed by atoms with Crippen LogP contribution in [0.3, 0.4) is 0 Å². The maximum atomic E-state index is 12.7. The minimum absolute atomic E-state index is 0.235. The van der Waals surface area contributed by atoms with E-state index in [9.17, 15) is 14.4 Å². The Kier molecular flexibility index (Phi) is 8.39. The van der Waals surface area contributed by atoms with Crippen LogP contribution in [0.1, 0.15) is 35.3 Å². The van der Waals surface area contributed by atoms with Crippen molar-refractivity contribution in [1.82, 2.24) is 10.2 Å². The van der Waals surface area contributed by atoms with Gasteiger partial charge in [0, 0.05) is 23.9 Å². The van der Waals surface area contributed by atoms with Gasteiger partial charge in [-0.2, -0.15) is 0 Å². The molecular formula is C25H28N4O5. The second-order valence-electron chi connectivity index (χ2n) is 8.13. The van der Waals surface area contributed by atoms with Crippen LogP contribution in [0, 0.1) is 5.92 Å². The van der Waals surface area contributed by atoms with E-state index in [0.29, 0.717) is 36.9 Å². The van der Waals surface area contributed by atoms with Crippen molar-refractivity contribution >= 4 is 35.7 Å². The monoisotopic (exact) mass is 464 g/mol. The molecule has 34 heavy (non-hydrogen) atoms. The number of hydrogen-bond donors (Lipinski definition) is 3. The number of hydrogen-bond acceptors (Lipinski definition) is 6. The van der Waals surface area contributed by atoms with E-state index in [4.69, 9.17) is 9.84 Å². The second-order valence-corrected chi connectivity index (χ2v) is 8.13. The first-order valence-corrected chi connectivity index (χ1v) is 11.0. The molecule has 0 atom stereocenters. The van der Waals surface area contributed by atoms with Crippen LogP contribution in [0.4, 0.5) is 10.5 Å². The van der Waals surface area contributed by atoms with Crippen molar-refractivity contribution in [3.63, 3.8) is 0 Å². The molecule has 0 radical (unpaired) electrons. The fourth-order valence-corrected chi connectivity index (χ4v) is 3.17. The Morgan fingerprint density at radius 2 is 1.97 bits per heavy atom. The molecule has 9 nitrogen and oxygen atoms in total. The summed E-state index contributed by atoms with van der Waals surface area (Å²) in [6.07, 6.45) is 2.11. The number of nitrogens with zero attached hydrogens (tertiary/aromatic N) is 2. The largest absolute Gasteiger partial charge is 0.478 e. The number of carboxylic acid groups (broad SMARTS) is 1. The van der Waals surface area contributed by atoms with Gasteiger partial charge in [0.25, 0.3) is 5.91 Å². The van der Waals surface area contributed by atoms with Crippen molar-refractivity contribution < 1.29 is 24.2 Å². The highest BCUT2D eigenvalue weighted by Gasteiger charge is 2.25. The van der Waals surface area contributed by atoms with E-state index < -0.39 is 12.1 Å². The minimum atomic E-state index is -1.02. The predicted molar refractivity (Wildman–Crippen MR) is 130 cm³/mol. The number of carbonyl (C=O) groups excluding carboxylic acids is 2. The second kappa shape index (κ2) is 11.6. The number of anilines is 1. The fraction of sp³-hybridized carbons (Fsp3) is 0.280. The van der Waals surface area contributed by atoms with Gasteiger partial charge in [-0.1, -0.05) is 38.1 Å². The first-order chi connectivity index (χ1) is 16.3. The van der Waals surface area contributed by atoms with Gasteiger partial charge in [0.2, 0.25) is 5.96 Å². The maximum Gasteiger partial charge on any atom is 0.416 e. The quantitative estimate of drug-likeness (QED) is 0.514. The molecule has 1 heterocycles. The number of nitrogens with one attached hydrogen (secondary N) is 2. The van der Waals surface area contributed by atoms with Gasteiger partial charge in [-0.05, 0) is 47.4 Å². The molecule has 0 aromatic heterocycles. The number of ether oxygens (including phenoxy) is 1. The van der Waals surface area contributed by atoms with E-state index in [2.05, 4.69) is 15.6 Å². The highest BCUT2D eigenvalue weighted by Crippen LogP contribution is 2.15. The van der Waals surface area contributed by atoms with Gasteiger partial charge in [-0.25, -0.2) is 14.5 Å². The number of rotatable bonds is 8. The molecular weight excluding hydrogens is 436 g/mol. The third-order valence-electron chi connectivity index (χ3n) is 4.80. The van der Waals surface area contributed by atoms with Crippen LogP contribution in [-0.4, -0.2) is 53.6 Å². The topological polar surface area (TPSA) is 120 Å². The molecule has 9 heteroatoms. The van der Waals surface area contributed by atoms with Crippen LogP contribution in [0.15, 0.2) is 59.6 Å². The molecule has 0 saturated carbocycles. The zero-order valence-corrected chi connectivity index (χ0v) is 19.2. The van der Waals surface area contributed by atoms with Crippen LogP contribution >= 0.6 is 0 Å². The Bertz CT molecular complexity index is 1110. The molecule has 0 unspecified atom stereocenters. The van der Waals surface area contributed by atoms with Crippen molar-refractivity contribution in [2.75, 3.05) is 25.0 Å². The third-order valence-corrected chi connectivity index (χ3v) is 4.80. The molecule has 2 aromatic carbocycles. The third kappa shape index (κ3) is 7.19. The summed E-state index contributed by atoms with van der Waals surface area (Å²) in [4.78, 5) is 41.5. The highest BCUT2D eigenvalue weighted by molar-refractivity contribution is 6.04. The van der Waals surface area contributed by atoms with Gasteiger partial charge >= 0.3 is 12.1 Å². The van der Waals surface area contributed by atoms with Gasteiger partial charge in [0.05, 0.1) is 19.7 Å². The minimum Gasteiger partial charge on any atom is -0.478 e. The van der Waals surface area contributed by atoms with Crippen molar-refractivity contribution in [3.8, 4) is 0 Å². The highest BCUT2D eigenvalue weighted by atomic mass is 16.6. The zero-order valence-electron chi connectivity index (χ0n) is 19.2. The van der Waals surface area contributed by atoms with E-state index >= 15 is 0 Å². The summed E-state index contributed by atoms with van der Waals surface area (Å²) in [5.74, 6) is -0.667. The van der Waals surface area contributed by atoms with Crippen molar-refractivity contribution in [1.29, 1.82) is 0 Å². The van der Waals surface area contributed by atoms with Gasteiger partial charge in [0.1, 0.15) is 0 Å². The predicted octanol–water partition coefficient (Wildman–Crippen LogP) is 3.59. The fourth-order valence-electron chi connectivity index (χ4n) is 3.17. The number of aliphatic imine (C=N–C) groups is 1. The number of carbonyl (C=O) groups is 3. The lowest BCUT2D eigenvalue weighted by Gasteiger charge is -2.19. The van der Waals surface area contributed by atoms with Crippen LogP contribution < -0.4 is 10.6 Å². The lowest BCUT2D eigenvalue weighted by molar-refractivity contribution is -0.131. The molecule has 1 aliphatic heterocycles. The van der Waals surface area contributed by atoms with E-state index in [1.54, 1.807) is 36.4 Å². The maximum absolute atomic E-state index is 12.7. The molecule has 0 spiro atoms. The van der Waals surface area contributed by atoms with E-state index in [-0.39, 0.29) is 18.4 Å². The van der Waals surface area contributed by atoms with E-state index in [0.717, 1.165) is 17.2 Å². The molecule has 2 amide bonds. The Hall–Kier alpha value is -4.14. The average molecular weight is 465 g/mol. The molecule has 1 aliphatic rings. The number of benzene rings is 2. The van der Waals surface area contributed by atoms with Crippen LogP contribution in [0.2, 0.25) is 0 Å². The number of aliphatic carboxylic acids is 1. The lowest BCUT2D eigenvalue weighted by atomic mass is 10.1. The Balaban J connectivity index is 1.60. The molecule has 0 fully saturated rings. The molecule has 3 N–H and O–H groups in total. The molecule has 178 valence electrons. The standard InChI is InChI=1S/C25H28N4O5/c1-17(2)16-34-25(33)29-12-11-26-24(29)28-21-8-4-7-20(14-21)23(32)27-15-19-6-3-5-18(13-19)9-10-22(30)31/h3-10,13-14,17H,11-12,15-16H2,1-2H3,(H,26,28)(H,27,32)(H,30,31). The molecule has 0 bridgehead atoms. The van der Waals surface area contributed by atoms with Crippen LogP contribution in [0.25, 0.3) is 6.08 Å². The Morgan fingerprint density at radius 3 is 2.74 bits per heavy atom. The van der Waals surface area contributed by atoms with Gasteiger partial charge in [-0.15, -0.1) is 0 Å². The van der Waals surface area contributed by atoms with E-state index in [1.165, 1.54) is 11.0 Å². The summed E-state index contributed by atoms with van der Waals surface area (Å²) in [7, 11) is 0. The molecule has 3 rings (SSSR count). The zero-order chi connectivity index (χ0) is 24.5. The number of guanidine groups is 1. The lowest BCUT2D eigenvalue weighted by Crippen LogP contribution is -2.39. The summed E-state index contributed by atoms with van der Waals surface area (Å²) in [6, 6.07) is 14.1. The molecule has 2 aromatic rings. The van der Waals surface area contributed by atoms with Crippen molar-refractivity contribution in [2.45, 2.75) is 20.4 Å². The van der Waals surface area contributed by atoms with Gasteiger partial charge in [-0.3, -0.25) is 9.79 Å². The first kappa shape index (κ1) is 24.5. The molecule has 0 aliphatic carbocycles. The Labute approximate surface area is 198 Å². The summed E-state index contributed by atoms with van der Waals surface area (Å²) in [5, 5.41) is 14.7. The van der Waals surface area contributed by atoms with Crippen LogP contribution in [0.5, 0.6) is 0 Å². The number of carboxylic acids is 1. The number of amides is 2. The normalized spacial score (nSPS) is 13.1. The van der Waals surface area contributed by atoms with Crippen molar-refractivity contribution in [3.05, 3.63) is 71.3 Å². The van der Waals surface area contributed by atoms with Crippen LogP contribution in [-0.2, 0) is 16.1 Å². The Morgan fingerprint density at radius 1 is 1.18 bits per heavy atom. The summed E-state index contributed by atoms with van der Waals surface area (Å²) in [5.41, 5.74) is 2.63. The SMILES string of the molecule is CC(C)COC(=O)N1CCN=C1Nc1cccc(C(=O)NCc2cccc(C=CC(=O)O)c2)c1. The van der Waals surface area contributed by atoms with Gasteiger partial charge in [0.15, 0.2) is 0 Å². The first-order valence-electron chi connectivity index (χ1n) is 11.0. The molecule has 0 saturated heterocycles. The van der Waals surface area contributed by atoms with Crippen molar-refractivity contribution in [2.24, 2.45) is 10.9 Å².